The second-order valence-electron chi connectivity index (χ2n) is 2.14. The lowest BCUT2D eigenvalue weighted by Gasteiger charge is -2.13. The average Bonchev–Trinajstić information content (AvgIpc) is 2.34. The molecule has 1 aliphatic rings. The van der Waals surface area contributed by atoms with E-state index in [0.29, 0.717) is 0 Å². The fraction of sp³-hybridized carbons (Fsp3) is 0.750. The molecule has 70 valence electrons. The number of nitrogens with zero attached hydrogens (tertiary/aromatic N) is 1. The van der Waals surface area contributed by atoms with E-state index in [4.69, 9.17) is 0 Å². The van der Waals surface area contributed by atoms with E-state index in [1.54, 1.807) is 0 Å². The van der Waals surface area contributed by atoms with Gasteiger partial charge in [0, 0.05) is 0 Å². The van der Waals surface area contributed by atoms with Crippen LogP contribution < -0.4 is 5.32 Å². The number of halogens is 3. The molecule has 1 unspecified atom stereocenters. The van der Waals surface area contributed by atoms with Gasteiger partial charge in [-0.15, -0.1) is 0 Å². The standard InChI is InChI=1S/C4H5F3N2O2S/c5-4(6,7)12(10,11)3-1-8-2-9-3/h2-3H,1H2,(H,8,9). The predicted molar refractivity (Wildman–Crippen MR) is 35.3 cm³/mol. The van der Waals surface area contributed by atoms with Crippen molar-refractivity contribution in [2.45, 2.75) is 10.9 Å². The molecule has 1 rings (SSSR count). The van der Waals surface area contributed by atoms with Gasteiger partial charge in [0.15, 0.2) is 5.37 Å². The highest BCUT2D eigenvalue weighted by Gasteiger charge is 2.51. The molecule has 0 bridgehead atoms. The zero-order chi connectivity index (χ0) is 9.41. The van der Waals surface area contributed by atoms with Gasteiger partial charge in [-0.3, -0.25) is 4.99 Å². The molecule has 1 atom stereocenters. The normalized spacial score (nSPS) is 24.1. The van der Waals surface area contributed by atoms with E-state index in [-0.39, 0.29) is 6.54 Å². The lowest BCUT2D eigenvalue weighted by Crippen LogP contribution is -2.42. The molecular formula is C4H5F3N2O2S. The van der Waals surface area contributed by atoms with Crippen molar-refractivity contribution in [3.05, 3.63) is 0 Å². The zero-order valence-electron chi connectivity index (χ0n) is 5.67. The third-order valence-electron chi connectivity index (χ3n) is 1.32. The Kier molecular flexibility index (Phi) is 2.02. The summed E-state index contributed by atoms with van der Waals surface area (Å²) in [5, 5.41) is 0.349. The Morgan fingerprint density at radius 1 is 1.50 bits per heavy atom. The van der Waals surface area contributed by atoms with Gasteiger partial charge in [0.1, 0.15) is 0 Å². The molecule has 1 N–H and O–H groups in total. The number of aliphatic imine (C=N–C) groups is 1. The molecule has 0 saturated carbocycles. The quantitative estimate of drug-likeness (QED) is 0.644. The number of rotatable bonds is 1. The number of sulfone groups is 1. The van der Waals surface area contributed by atoms with Crippen LogP contribution >= 0.6 is 0 Å². The second-order valence-corrected chi connectivity index (χ2v) is 4.26. The monoisotopic (exact) mass is 202 g/mol. The Balaban J connectivity index is 2.87. The van der Waals surface area contributed by atoms with Crippen molar-refractivity contribution in [1.29, 1.82) is 0 Å². The van der Waals surface area contributed by atoms with Crippen LogP contribution in [0.4, 0.5) is 13.2 Å². The lowest BCUT2D eigenvalue weighted by atomic mass is 10.7. The lowest BCUT2D eigenvalue weighted by molar-refractivity contribution is -0.0444. The molecule has 8 heteroatoms. The summed E-state index contributed by atoms with van der Waals surface area (Å²) >= 11 is 0. The molecule has 0 saturated heterocycles. The first-order valence-corrected chi connectivity index (χ1v) is 4.45. The Morgan fingerprint density at radius 2 is 2.08 bits per heavy atom. The van der Waals surface area contributed by atoms with Crippen LogP contribution in [0.15, 0.2) is 4.99 Å². The summed E-state index contributed by atoms with van der Waals surface area (Å²) in [5.41, 5.74) is -5.21. The number of hydrogen-bond acceptors (Lipinski definition) is 4. The molecule has 4 nitrogen and oxygen atoms in total. The molecule has 0 radical (unpaired) electrons. The van der Waals surface area contributed by atoms with E-state index in [1.165, 1.54) is 0 Å². The fourth-order valence-corrected chi connectivity index (χ4v) is 1.53. The molecular weight excluding hydrogens is 197 g/mol. The van der Waals surface area contributed by atoms with Gasteiger partial charge >= 0.3 is 5.51 Å². The summed E-state index contributed by atoms with van der Waals surface area (Å²) in [7, 11) is -5.11. The van der Waals surface area contributed by atoms with Crippen LogP contribution in [0.5, 0.6) is 0 Å². The van der Waals surface area contributed by atoms with E-state index in [1.807, 2.05) is 5.32 Å². The van der Waals surface area contributed by atoms with Gasteiger partial charge in [-0.05, 0) is 0 Å². The van der Waals surface area contributed by atoms with Gasteiger partial charge in [0.2, 0.25) is 0 Å². The summed E-state index contributed by atoms with van der Waals surface area (Å²) in [4.78, 5) is 3.33. The highest BCUT2D eigenvalue weighted by atomic mass is 32.2. The Labute approximate surface area is 66.4 Å². The van der Waals surface area contributed by atoms with Gasteiger partial charge in [-0.1, -0.05) is 0 Å². The van der Waals surface area contributed by atoms with Crippen molar-refractivity contribution < 1.29 is 21.6 Å². The minimum atomic E-state index is -5.21. The molecule has 1 heterocycles. The molecule has 0 aromatic carbocycles. The summed E-state index contributed by atoms with van der Waals surface area (Å²) in [5.74, 6) is 0. The zero-order valence-corrected chi connectivity index (χ0v) is 6.48. The molecule has 0 aromatic rings. The Bertz CT molecular complexity index is 286. The molecule has 12 heavy (non-hydrogen) atoms. The topological polar surface area (TPSA) is 58.5 Å². The summed E-state index contributed by atoms with van der Waals surface area (Å²) in [6.07, 6.45) is 0.952. The third-order valence-corrected chi connectivity index (χ3v) is 3.00. The Morgan fingerprint density at radius 3 is 2.42 bits per heavy atom. The van der Waals surface area contributed by atoms with Crippen LogP contribution in [0, 0.1) is 0 Å². The highest BCUT2D eigenvalue weighted by Crippen LogP contribution is 2.26. The van der Waals surface area contributed by atoms with Gasteiger partial charge < -0.3 is 5.32 Å². The average molecular weight is 202 g/mol. The second kappa shape index (κ2) is 2.61. The minimum Gasteiger partial charge on any atom is -0.358 e. The van der Waals surface area contributed by atoms with Crippen LogP contribution in [0.3, 0.4) is 0 Å². The van der Waals surface area contributed by atoms with Crippen LogP contribution in [0.25, 0.3) is 0 Å². The van der Waals surface area contributed by atoms with Crippen molar-refractivity contribution in [2.75, 3.05) is 6.54 Å². The van der Waals surface area contributed by atoms with Crippen molar-refractivity contribution >= 4 is 16.2 Å². The SMILES string of the molecule is O=S(=O)(C1CN=CN1)C(F)(F)F. The van der Waals surface area contributed by atoms with Crippen molar-refractivity contribution in [3.63, 3.8) is 0 Å². The molecule has 0 fully saturated rings. The van der Waals surface area contributed by atoms with Gasteiger partial charge in [0.25, 0.3) is 9.84 Å². The minimum absolute atomic E-state index is 0.387. The number of nitrogens with one attached hydrogen (secondary N) is 1. The van der Waals surface area contributed by atoms with E-state index in [0.717, 1.165) is 6.34 Å². The fourth-order valence-electron chi connectivity index (χ4n) is 0.686. The summed E-state index contributed by atoms with van der Waals surface area (Å²) < 4.78 is 56.6. The maximum atomic E-state index is 11.8. The van der Waals surface area contributed by atoms with Crippen molar-refractivity contribution in [3.8, 4) is 0 Å². The van der Waals surface area contributed by atoms with Crippen LogP contribution in [0.2, 0.25) is 0 Å². The maximum absolute atomic E-state index is 11.8. The van der Waals surface area contributed by atoms with Crippen LogP contribution in [-0.4, -0.2) is 32.2 Å². The highest BCUT2D eigenvalue weighted by molar-refractivity contribution is 7.92. The summed E-state index contributed by atoms with van der Waals surface area (Å²) in [6.45, 7) is -0.387. The van der Waals surface area contributed by atoms with Crippen molar-refractivity contribution in [2.24, 2.45) is 4.99 Å². The first kappa shape index (κ1) is 9.30. The van der Waals surface area contributed by atoms with Gasteiger partial charge in [-0.2, -0.15) is 13.2 Å². The maximum Gasteiger partial charge on any atom is 0.499 e. The molecule has 0 spiro atoms. The predicted octanol–water partition coefficient (Wildman–Crippen LogP) is -0.121. The molecule has 0 aliphatic carbocycles. The van der Waals surface area contributed by atoms with Crippen molar-refractivity contribution in [1.82, 2.24) is 5.32 Å². The van der Waals surface area contributed by atoms with E-state index in [9.17, 15) is 21.6 Å². The molecule has 1 aliphatic heterocycles. The molecule has 0 amide bonds. The van der Waals surface area contributed by atoms with Crippen LogP contribution in [-0.2, 0) is 9.84 Å². The Hall–Kier alpha value is -0.790. The first-order chi connectivity index (χ1) is 5.36. The first-order valence-electron chi connectivity index (χ1n) is 2.90. The third kappa shape index (κ3) is 1.38. The van der Waals surface area contributed by atoms with E-state index < -0.39 is 20.7 Å². The smallest absolute Gasteiger partial charge is 0.358 e. The van der Waals surface area contributed by atoms with Crippen LogP contribution in [0.1, 0.15) is 0 Å². The van der Waals surface area contributed by atoms with E-state index >= 15 is 0 Å². The molecule has 0 aromatic heterocycles. The summed E-state index contributed by atoms with van der Waals surface area (Å²) in [6, 6.07) is 0. The number of alkyl halides is 3. The van der Waals surface area contributed by atoms with Gasteiger partial charge in [-0.25, -0.2) is 8.42 Å². The largest absolute Gasteiger partial charge is 0.499 e. The number of hydrogen-bond donors (Lipinski definition) is 1. The van der Waals surface area contributed by atoms with E-state index in [2.05, 4.69) is 4.99 Å². The van der Waals surface area contributed by atoms with Gasteiger partial charge in [0.05, 0.1) is 12.9 Å².